The molecule has 0 aromatic carbocycles. The summed E-state index contributed by atoms with van der Waals surface area (Å²) in [5, 5.41) is 35.0. The Balaban J connectivity index is 4.61. The van der Waals surface area contributed by atoms with Gasteiger partial charge in [0.1, 0.15) is 66.5 Å². The van der Waals surface area contributed by atoms with Crippen LogP contribution in [0.25, 0.3) is 0 Å². The lowest BCUT2D eigenvalue weighted by atomic mass is 9.91. The van der Waals surface area contributed by atoms with Crippen molar-refractivity contribution < 1.29 is 63.0 Å². The molecule has 13 atom stereocenters. The molecule has 11 amide bonds. The first-order valence-electron chi connectivity index (χ1n) is 36.8. The third kappa shape index (κ3) is 29.0. The highest BCUT2D eigenvalue weighted by Crippen LogP contribution is 2.28. The normalized spacial score (nSPS) is 25.7. The van der Waals surface area contributed by atoms with Crippen LogP contribution in [0.2, 0.25) is 0 Å². The van der Waals surface area contributed by atoms with E-state index in [0.717, 1.165) is 35.9 Å². The van der Waals surface area contributed by atoms with Crippen molar-refractivity contribution in [3.63, 3.8) is 0 Å². The van der Waals surface area contributed by atoms with Crippen LogP contribution in [0.5, 0.6) is 0 Å². The number of hydrogen-bond acceptors (Lipinski definition) is 15. The van der Waals surface area contributed by atoms with Crippen molar-refractivity contribution in [1.29, 1.82) is 0 Å². The van der Waals surface area contributed by atoms with Crippen LogP contribution in [-0.4, -0.2) is 273 Å². The average molecular weight is 1450 g/mol. The molecule has 1 aliphatic heterocycles. The molecule has 0 bridgehead atoms. The highest BCUT2D eigenvalue weighted by Gasteiger charge is 2.47. The number of nitrogens with one attached hydrogen (secondary N) is 4. The molecule has 6 N–H and O–H groups in total. The lowest BCUT2D eigenvalue weighted by molar-refractivity contribution is -0.157. The highest BCUT2D eigenvalue weighted by atomic mass is 32.2. The zero-order valence-electron chi connectivity index (χ0n) is 67.5. The molecule has 1 heterocycles. The average Bonchev–Trinajstić information content (AvgIpc) is 0.808. The Morgan fingerprint density at radius 2 is 0.950 bits per heavy atom. The summed E-state index contributed by atoms with van der Waals surface area (Å²) in [6.07, 6.45) is 3.09. The number of rotatable bonds is 24. The molecule has 0 unspecified atom stereocenters. The summed E-state index contributed by atoms with van der Waals surface area (Å²) in [7, 11) is 9.95. The number of carbonyl (C=O) groups is 11. The Labute approximate surface area is 612 Å². The van der Waals surface area contributed by atoms with E-state index in [4.69, 9.17) is 0 Å². The van der Waals surface area contributed by atoms with Crippen molar-refractivity contribution in [3.8, 4) is 0 Å². The molecule has 101 heavy (non-hydrogen) atoms. The van der Waals surface area contributed by atoms with Gasteiger partial charge in [0.15, 0.2) is 0 Å². The maximum atomic E-state index is 15.6. The number of hydrogen-bond donors (Lipinski definition) is 6. The minimum Gasteiger partial charge on any atom is -0.390 e. The minimum atomic E-state index is -1.66. The fourth-order valence-corrected chi connectivity index (χ4v) is 14.1. The van der Waals surface area contributed by atoms with Crippen LogP contribution in [-0.2, 0) is 52.7 Å². The van der Waals surface area contributed by atoms with Crippen molar-refractivity contribution in [2.75, 3.05) is 80.5 Å². The van der Waals surface area contributed by atoms with Gasteiger partial charge in [0.05, 0.1) is 11.7 Å². The topological polar surface area (TPSA) is 302 Å². The third-order valence-electron chi connectivity index (χ3n) is 18.7. The number of aliphatic hydroxyl groups excluding tert-OH is 1. The van der Waals surface area contributed by atoms with Gasteiger partial charge in [0.2, 0.25) is 65.0 Å². The summed E-state index contributed by atoms with van der Waals surface area (Å²) in [4.78, 5) is 176. The second-order valence-corrected chi connectivity index (χ2v) is 34.0. The van der Waals surface area contributed by atoms with Gasteiger partial charge in [-0.15, -0.1) is 0 Å². The van der Waals surface area contributed by atoms with Crippen molar-refractivity contribution in [2.24, 2.45) is 46.8 Å². The van der Waals surface area contributed by atoms with E-state index in [0.29, 0.717) is 11.7 Å². The van der Waals surface area contributed by atoms with E-state index in [1.165, 1.54) is 113 Å². The molecular weight excluding hydrogens is 1310 g/mol. The molecule has 25 nitrogen and oxygen atoms in total. The van der Waals surface area contributed by atoms with E-state index in [1.54, 1.807) is 54.5 Å². The summed E-state index contributed by atoms with van der Waals surface area (Å²) in [6.45, 7) is 42.5. The second-order valence-electron chi connectivity index (χ2n) is 32.8. The van der Waals surface area contributed by atoms with E-state index in [1.807, 2.05) is 47.6 Å². The lowest BCUT2D eigenvalue weighted by Gasteiger charge is -2.41. The van der Waals surface area contributed by atoms with E-state index < -0.39 is 161 Å². The highest BCUT2D eigenvalue weighted by molar-refractivity contribution is 7.99. The molecule has 1 rings (SSSR count). The molecular formula is C75H138N12O13S. The first-order chi connectivity index (χ1) is 46.4. The smallest absolute Gasteiger partial charge is 0.246 e. The van der Waals surface area contributed by atoms with E-state index >= 15 is 33.6 Å². The fourth-order valence-electron chi connectivity index (χ4n) is 13.0. The standard InChI is InChI=1S/C75H138N12O13S/c1-30-32-34-50(15)62(88)61-66(92)78-53(31-2)68(94)84(27)58(42-101-36-33-35-87(41-47(9)10)43-74(18,19)20)71(97)83(26)57(40-75(21,22)100)65(91)79-59(48(11)12)72(98)80(23)54(37-44(3)4)64(90)76-51(16)63(89)77-52(17)67(93)81(24)55(38-45(5)6)69(95)82(25)56(39-46(7)8)70(96)85(28)60(49(13)14)73(99)86(61)29/h30,32,44-62,88,100H,31,33-43H2,1-29H3,(H,76,90)(H,77,89)(H,78,92)(H,79,91)/b32-30+/t50-,51+,52-,53+,54+,55+,56+,57+,58-,59+,60+,61+,62-/m1/s1. The molecule has 26 heteroatoms. The number of likely N-dealkylation sites (N-methyl/N-ethyl adjacent to an activating group) is 7. The van der Waals surface area contributed by atoms with Crippen LogP contribution < -0.4 is 21.3 Å². The quantitative estimate of drug-likeness (QED) is 0.0486. The van der Waals surface area contributed by atoms with Gasteiger partial charge in [-0.2, -0.15) is 11.8 Å². The van der Waals surface area contributed by atoms with Gasteiger partial charge in [-0.05, 0) is 132 Å². The molecule has 1 fully saturated rings. The predicted octanol–water partition coefficient (Wildman–Crippen LogP) is 5.88. The maximum Gasteiger partial charge on any atom is 0.246 e. The van der Waals surface area contributed by atoms with Crippen LogP contribution >= 0.6 is 11.8 Å². The first kappa shape index (κ1) is 93.2. The Morgan fingerprint density at radius 1 is 0.505 bits per heavy atom. The van der Waals surface area contributed by atoms with Crippen LogP contribution in [0.4, 0.5) is 0 Å². The molecule has 0 radical (unpaired) electrons. The monoisotopic (exact) mass is 1450 g/mol. The summed E-state index contributed by atoms with van der Waals surface area (Å²) < 4.78 is 0. The molecule has 0 spiro atoms. The molecule has 0 aliphatic carbocycles. The summed E-state index contributed by atoms with van der Waals surface area (Å²) in [5.74, 6) is -9.27. The predicted molar refractivity (Wildman–Crippen MR) is 402 cm³/mol. The zero-order valence-corrected chi connectivity index (χ0v) is 68.3. The number of thioether (sulfide) groups is 1. The fraction of sp³-hybridized carbons (Fsp3) is 0.827. The zero-order chi connectivity index (χ0) is 78.4. The summed E-state index contributed by atoms with van der Waals surface area (Å²) in [6, 6.07) is -14.4. The Bertz CT molecular complexity index is 2750. The van der Waals surface area contributed by atoms with Gasteiger partial charge in [-0.3, -0.25) is 52.7 Å². The van der Waals surface area contributed by atoms with Crippen LogP contribution in [0.1, 0.15) is 197 Å². The Morgan fingerprint density at radius 3 is 1.42 bits per heavy atom. The number of allylic oxidation sites excluding steroid dienone is 2. The third-order valence-corrected chi connectivity index (χ3v) is 19.9. The Kier molecular flexibility index (Phi) is 38.9. The molecule has 582 valence electrons. The molecule has 1 saturated heterocycles. The van der Waals surface area contributed by atoms with Crippen molar-refractivity contribution in [1.82, 2.24) is 60.5 Å². The van der Waals surface area contributed by atoms with E-state index in [2.05, 4.69) is 60.8 Å². The second kappa shape index (κ2) is 42.2. The lowest BCUT2D eigenvalue weighted by Crippen LogP contribution is -2.64. The van der Waals surface area contributed by atoms with Crippen molar-refractivity contribution in [3.05, 3.63) is 12.2 Å². The molecule has 0 aromatic rings. The van der Waals surface area contributed by atoms with Gasteiger partial charge in [0.25, 0.3) is 0 Å². The summed E-state index contributed by atoms with van der Waals surface area (Å²) in [5.41, 5.74) is -1.57. The number of nitrogens with zero attached hydrogens (tertiary/aromatic N) is 8. The molecule has 1 aliphatic rings. The van der Waals surface area contributed by atoms with Gasteiger partial charge in [-0.1, -0.05) is 130 Å². The van der Waals surface area contributed by atoms with E-state index in [9.17, 15) is 29.4 Å². The van der Waals surface area contributed by atoms with Crippen LogP contribution in [0, 0.1) is 46.8 Å². The van der Waals surface area contributed by atoms with Gasteiger partial charge < -0.3 is 70.7 Å². The Hall–Kier alpha value is -5.86. The first-order valence-corrected chi connectivity index (χ1v) is 38.0. The number of amides is 11. The van der Waals surface area contributed by atoms with Gasteiger partial charge in [-0.25, -0.2) is 0 Å². The maximum absolute atomic E-state index is 15.6. The number of aliphatic hydroxyl groups is 2. The van der Waals surface area contributed by atoms with Gasteiger partial charge in [0, 0.05) is 74.6 Å². The van der Waals surface area contributed by atoms with Crippen LogP contribution in [0.15, 0.2) is 12.2 Å². The van der Waals surface area contributed by atoms with Crippen molar-refractivity contribution in [2.45, 2.75) is 275 Å². The molecule has 0 saturated carbocycles. The minimum absolute atomic E-state index is 0.0200. The largest absolute Gasteiger partial charge is 0.390 e. The SMILES string of the molecule is C/C=C/C[C@@H](C)[C@@H](O)[C@H]1C(=O)N[C@@H](CC)C(=O)N(C)[C@H](CSCCCN(CC(C)C)CC(C)(C)C)C(=O)N(C)[C@@H](CC(C)(C)O)C(=O)N[C@@H](C(C)C)C(=O)N(C)[C@@H](CC(C)C)C(=O)N[C@@H](C)C(=O)N[C@H](C)C(=O)N(C)[C@@H](CC(C)C)C(=O)N(C)[C@@H](CC(C)C)C(=O)N(C)[C@@H](C(C)C)C(=O)N1C. The molecule has 0 aromatic heterocycles. The van der Waals surface area contributed by atoms with Gasteiger partial charge >= 0.3 is 0 Å². The van der Waals surface area contributed by atoms with Crippen LogP contribution in [0.3, 0.4) is 0 Å². The van der Waals surface area contributed by atoms with Crippen molar-refractivity contribution >= 4 is 76.7 Å². The summed E-state index contributed by atoms with van der Waals surface area (Å²) >= 11 is 1.43. The van der Waals surface area contributed by atoms with E-state index in [-0.39, 0.29) is 67.4 Å². The number of carbonyl (C=O) groups excluding carboxylic acids is 11.